The number of nitrogens with zero attached hydrogens (tertiary/aromatic N) is 1. The Labute approximate surface area is 120 Å². The van der Waals surface area contributed by atoms with Gasteiger partial charge in [0, 0.05) is 6.20 Å². The summed E-state index contributed by atoms with van der Waals surface area (Å²) < 4.78 is 49.3. The molecule has 0 spiro atoms. The first-order chi connectivity index (χ1) is 10.2. The van der Waals surface area contributed by atoms with Gasteiger partial charge in [0.15, 0.2) is 0 Å². The van der Waals surface area contributed by atoms with Crippen LogP contribution in [0.2, 0.25) is 0 Å². The van der Waals surface area contributed by atoms with Gasteiger partial charge in [-0.1, -0.05) is 0 Å². The monoisotopic (exact) mass is 325 g/mol. The first-order valence-corrected chi connectivity index (χ1v) is 5.72. The minimum absolute atomic E-state index is 0.352. The minimum Gasteiger partial charge on any atom is -0.388 e. The Balaban J connectivity index is 2.88. The Morgan fingerprint density at radius 2 is 1.95 bits per heavy atom. The zero-order valence-corrected chi connectivity index (χ0v) is 10.8. The molecule has 0 aromatic carbocycles. The van der Waals surface area contributed by atoms with Crippen molar-refractivity contribution in [1.29, 1.82) is 0 Å². The number of carbonyl (C=O) groups is 2. The van der Waals surface area contributed by atoms with Gasteiger partial charge in [0.1, 0.15) is 24.5 Å². The largest absolute Gasteiger partial charge is 0.433 e. The maximum Gasteiger partial charge on any atom is 0.433 e. The summed E-state index contributed by atoms with van der Waals surface area (Å²) in [5, 5.41) is 19.5. The van der Waals surface area contributed by atoms with Gasteiger partial charge in [0.05, 0.1) is 5.56 Å². The summed E-state index contributed by atoms with van der Waals surface area (Å²) in [7, 11) is 0. The lowest BCUT2D eigenvalue weighted by Gasteiger charge is -2.20. The van der Waals surface area contributed by atoms with Gasteiger partial charge in [-0.25, -0.2) is 9.87 Å². The van der Waals surface area contributed by atoms with Crippen LogP contribution < -0.4 is 10.8 Å². The van der Waals surface area contributed by atoms with Crippen LogP contribution in [0.25, 0.3) is 0 Å². The fraction of sp³-hybridized carbons (Fsp3) is 0.364. The van der Waals surface area contributed by atoms with Crippen molar-refractivity contribution in [2.45, 2.75) is 18.3 Å². The molecule has 0 radical (unpaired) electrons. The molecule has 0 saturated heterocycles. The number of alkyl halides is 4. The van der Waals surface area contributed by atoms with E-state index in [-0.39, 0.29) is 5.56 Å². The van der Waals surface area contributed by atoms with Crippen LogP contribution >= 0.6 is 0 Å². The highest BCUT2D eigenvalue weighted by Gasteiger charge is 2.33. The van der Waals surface area contributed by atoms with Crippen LogP contribution in [0.5, 0.6) is 0 Å². The second-order valence-electron chi connectivity index (χ2n) is 4.08. The third-order valence-corrected chi connectivity index (χ3v) is 2.54. The number of pyridine rings is 1. The topological polar surface area (TPSA) is 112 Å². The molecule has 0 bridgehead atoms. The van der Waals surface area contributed by atoms with Gasteiger partial charge in [0.25, 0.3) is 11.8 Å². The molecule has 1 aromatic rings. The van der Waals surface area contributed by atoms with Crippen molar-refractivity contribution in [1.82, 2.24) is 15.8 Å². The molecule has 1 rings (SSSR count). The summed E-state index contributed by atoms with van der Waals surface area (Å²) in [5.74, 6) is -2.37. The van der Waals surface area contributed by atoms with Gasteiger partial charge < -0.3 is 10.4 Å². The Kier molecular flexibility index (Phi) is 5.77. The minimum atomic E-state index is -4.68. The van der Waals surface area contributed by atoms with Crippen molar-refractivity contribution in [3.05, 3.63) is 29.6 Å². The van der Waals surface area contributed by atoms with E-state index in [1.165, 1.54) is 0 Å². The van der Waals surface area contributed by atoms with Crippen molar-refractivity contribution in [3.8, 4) is 0 Å². The smallest absolute Gasteiger partial charge is 0.388 e. The van der Waals surface area contributed by atoms with Gasteiger partial charge in [0.2, 0.25) is 0 Å². The number of hydroxylamine groups is 1. The van der Waals surface area contributed by atoms with Crippen LogP contribution in [0.15, 0.2) is 18.3 Å². The molecule has 0 aliphatic heterocycles. The molecule has 1 heterocycles. The van der Waals surface area contributed by atoms with Crippen molar-refractivity contribution < 1.29 is 37.5 Å². The highest BCUT2D eigenvalue weighted by Crippen LogP contribution is 2.27. The lowest BCUT2D eigenvalue weighted by molar-refractivity contribution is -0.141. The molecule has 0 fully saturated rings. The van der Waals surface area contributed by atoms with Crippen molar-refractivity contribution in [2.75, 3.05) is 6.67 Å². The Hall–Kier alpha value is -2.27. The molecule has 22 heavy (non-hydrogen) atoms. The quantitative estimate of drug-likeness (QED) is 0.347. The lowest BCUT2D eigenvalue weighted by Crippen LogP contribution is -2.53. The molecule has 1 aromatic heterocycles. The van der Waals surface area contributed by atoms with E-state index in [0.717, 1.165) is 11.5 Å². The Morgan fingerprint density at radius 3 is 2.36 bits per heavy atom. The average molecular weight is 325 g/mol. The standard InChI is InChI=1S/C11H11F4N3O4/c12-3-6(19)8(10(21)18-22)17-9(20)5-1-2-7(16-4-5)11(13,14)15/h1-2,4,6,8,19,22H,3H2,(H,17,20)(H,18,21). The molecular formula is C11H11F4N3O4. The van der Waals surface area contributed by atoms with E-state index in [0.29, 0.717) is 12.3 Å². The molecule has 2 atom stereocenters. The zero-order valence-electron chi connectivity index (χ0n) is 10.8. The molecule has 122 valence electrons. The van der Waals surface area contributed by atoms with Crippen LogP contribution in [0.3, 0.4) is 0 Å². The summed E-state index contributed by atoms with van der Waals surface area (Å²) in [4.78, 5) is 26.0. The van der Waals surface area contributed by atoms with Crippen LogP contribution in [0.1, 0.15) is 16.1 Å². The summed E-state index contributed by atoms with van der Waals surface area (Å²) in [5.41, 5.74) is -0.455. The summed E-state index contributed by atoms with van der Waals surface area (Å²) >= 11 is 0. The second kappa shape index (κ2) is 7.13. The van der Waals surface area contributed by atoms with E-state index >= 15 is 0 Å². The molecule has 11 heteroatoms. The molecule has 0 aliphatic carbocycles. The highest BCUT2D eigenvalue weighted by molar-refractivity contribution is 5.97. The number of halogens is 4. The van der Waals surface area contributed by atoms with Crippen LogP contribution in [-0.4, -0.2) is 45.9 Å². The van der Waals surface area contributed by atoms with Crippen molar-refractivity contribution in [2.24, 2.45) is 0 Å². The average Bonchev–Trinajstić information content (AvgIpc) is 2.50. The number of aliphatic hydroxyl groups is 1. The maximum atomic E-state index is 12.4. The normalized spacial score (nSPS) is 14.1. The number of aromatic nitrogens is 1. The van der Waals surface area contributed by atoms with Gasteiger partial charge >= 0.3 is 6.18 Å². The maximum absolute atomic E-state index is 12.4. The fourth-order valence-electron chi connectivity index (χ4n) is 1.42. The Morgan fingerprint density at radius 1 is 1.32 bits per heavy atom. The first-order valence-electron chi connectivity index (χ1n) is 5.72. The molecular weight excluding hydrogens is 314 g/mol. The first kappa shape index (κ1) is 17.8. The summed E-state index contributed by atoms with van der Waals surface area (Å²) in [6, 6.07) is -0.493. The second-order valence-corrected chi connectivity index (χ2v) is 4.08. The number of aliphatic hydroxyl groups excluding tert-OH is 1. The van der Waals surface area contributed by atoms with Crippen molar-refractivity contribution in [3.63, 3.8) is 0 Å². The number of hydrogen-bond acceptors (Lipinski definition) is 5. The van der Waals surface area contributed by atoms with E-state index in [1.807, 2.05) is 5.32 Å². The van der Waals surface area contributed by atoms with Crippen LogP contribution in [0.4, 0.5) is 17.6 Å². The number of carbonyl (C=O) groups excluding carboxylic acids is 2. The predicted octanol–water partition coefficient (Wildman–Crippen LogP) is 0.0346. The Bertz CT molecular complexity index is 535. The van der Waals surface area contributed by atoms with Gasteiger partial charge in [-0.15, -0.1) is 0 Å². The van der Waals surface area contributed by atoms with E-state index in [9.17, 15) is 32.3 Å². The molecule has 2 unspecified atom stereocenters. The van der Waals surface area contributed by atoms with Gasteiger partial charge in [-0.05, 0) is 12.1 Å². The summed E-state index contributed by atoms with van der Waals surface area (Å²) in [6.07, 6.45) is -6.02. The van der Waals surface area contributed by atoms with Gasteiger partial charge in [-0.2, -0.15) is 13.2 Å². The predicted molar refractivity (Wildman–Crippen MR) is 62.4 cm³/mol. The zero-order chi connectivity index (χ0) is 16.9. The van der Waals surface area contributed by atoms with Gasteiger partial charge in [-0.3, -0.25) is 19.8 Å². The molecule has 0 aliphatic rings. The summed E-state index contributed by atoms with van der Waals surface area (Å²) in [6.45, 7) is -1.40. The lowest BCUT2D eigenvalue weighted by atomic mass is 10.1. The van der Waals surface area contributed by atoms with E-state index < -0.39 is 42.5 Å². The third-order valence-electron chi connectivity index (χ3n) is 2.54. The number of nitrogens with one attached hydrogen (secondary N) is 2. The highest BCUT2D eigenvalue weighted by atomic mass is 19.4. The van der Waals surface area contributed by atoms with E-state index in [4.69, 9.17) is 5.21 Å². The van der Waals surface area contributed by atoms with Crippen molar-refractivity contribution >= 4 is 11.8 Å². The molecule has 0 saturated carbocycles. The van der Waals surface area contributed by atoms with Crippen LogP contribution in [-0.2, 0) is 11.0 Å². The van der Waals surface area contributed by atoms with Crippen LogP contribution in [0, 0.1) is 0 Å². The fourth-order valence-corrected chi connectivity index (χ4v) is 1.42. The molecule has 4 N–H and O–H groups in total. The third kappa shape index (κ3) is 4.36. The number of rotatable bonds is 5. The van der Waals surface area contributed by atoms with E-state index in [1.54, 1.807) is 0 Å². The number of hydrogen-bond donors (Lipinski definition) is 4. The SMILES string of the molecule is O=C(NC(C(=O)NO)C(O)CF)c1ccc(C(F)(F)F)nc1. The molecule has 7 nitrogen and oxygen atoms in total. The van der Waals surface area contributed by atoms with E-state index in [2.05, 4.69) is 4.98 Å². The molecule has 2 amide bonds. The number of amides is 2.